The van der Waals surface area contributed by atoms with Crippen molar-refractivity contribution in [1.29, 1.82) is 0 Å². The van der Waals surface area contributed by atoms with Gasteiger partial charge in [0.15, 0.2) is 0 Å². The lowest BCUT2D eigenvalue weighted by atomic mass is 10.1. The molecule has 0 aliphatic carbocycles. The summed E-state index contributed by atoms with van der Waals surface area (Å²) in [6, 6.07) is 5.85. The standard InChI is InChI=1S/C11H14N4/c1-8-10(7-12)14-15(2)11(8)9-5-3-4-6-13-9/h3-6H,7,12H2,1-2H3. The molecule has 0 unspecified atom stereocenters. The molecule has 0 saturated heterocycles. The summed E-state index contributed by atoms with van der Waals surface area (Å²) in [6.07, 6.45) is 1.78. The second-order valence-corrected chi connectivity index (χ2v) is 3.46. The predicted octanol–water partition coefficient (Wildman–Crippen LogP) is 1.25. The zero-order valence-corrected chi connectivity index (χ0v) is 8.94. The van der Waals surface area contributed by atoms with Crippen LogP contribution in [0.2, 0.25) is 0 Å². The molecule has 15 heavy (non-hydrogen) atoms. The van der Waals surface area contributed by atoms with Crippen molar-refractivity contribution in [2.45, 2.75) is 13.5 Å². The molecule has 0 aromatic carbocycles. The zero-order valence-electron chi connectivity index (χ0n) is 8.94. The fraction of sp³-hybridized carbons (Fsp3) is 0.273. The number of nitrogens with zero attached hydrogens (tertiary/aromatic N) is 3. The molecule has 0 aliphatic heterocycles. The molecule has 0 amide bonds. The third-order valence-corrected chi connectivity index (χ3v) is 2.48. The van der Waals surface area contributed by atoms with Crippen LogP contribution in [0.15, 0.2) is 24.4 Å². The molecule has 2 aromatic rings. The monoisotopic (exact) mass is 202 g/mol. The van der Waals surface area contributed by atoms with E-state index in [9.17, 15) is 0 Å². The fourth-order valence-corrected chi connectivity index (χ4v) is 1.74. The third kappa shape index (κ3) is 1.64. The molecule has 0 radical (unpaired) electrons. The van der Waals surface area contributed by atoms with Gasteiger partial charge in [0.25, 0.3) is 0 Å². The molecule has 2 N–H and O–H groups in total. The summed E-state index contributed by atoms with van der Waals surface area (Å²) in [6.45, 7) is 2.49. The molecule has 4 heteroatoms. The Morgan fingerprint density at radius 2 is 2.20 bits per heavy atom. The van der Waals surface area contributed by atoms with E-state index in [-0.39, 0.29) is 0 Å². The van der Waals surface area contributed by atoms with Gasteiger partial charge in [-0.05, 0) is 19.1 Å². The summed E-state index contributed by atoms with van der Waals surface area (Å²) in [7, 11) is 1.91. The second-order valence-electron chi connectivity index (χ2n) is 3.46. The molecule has 0 atom stereocenters. The van der Waals surface area contributed by atoms with Crippen molar-refractivity contribution in [2.75, 3.05) is 0 Å². The van der Waals surface area contributed by atoms with Crippen molar-refractivity contribution in [3.8, 4) is 11.4 Å². The van der Waals surface area contributed by atoms with Gasteiger partial charge in [0.05, 0.1) is 17.1 Å². The van der Waals surface area contributed by atoms with Crippen LogP contribution >= 0.6 is 0 Å². The molecule has 0 bridgehead atoms. The maximum absolute atomic E-state index is 5.61. The van der Waals surface area contributed by atoms with Gasteiger partial charge in [-0.3, -0.25) is 9.67 Å². The smallest absolute Gasteiger partial charge is 0.0895 e. The molecule has 0 fully saturated rings. The Bertz CT molecular complexity index is 459. The van der Waals surface area contributed by atoms with Crippen LogP contribution in [0.4, 0.5) is 0 Å². The number of rotatable bonds is 2. The van der Waals surface area contributed by atoms with Crippen LogP contribution in [-0.4, -0.2) is 14.8 Å². The van der Waals surface area contributed by atoms with Gasteiger partial charge in [-0.2, -0.15) is 5.10 Å². The average molecular weight is 202 g/mol. The van der Waals surface area contributed by atoms with E-state index in [0.717, 1.165) is 22.6 Å². The van der Waals surface area contributed by atoms with Crippen LogP contribution in [0, 0.1) is 6.92 Å². The van der Waals surface area contributed by atoms with E-state index in [1.165, 1.54) is 0 Å². The summed E-state index contributed by atoms with van der Waals surface area (Å²) in [5.41, 5.74) is 9.63. The average Bonchev–Trinajstić information content (AvgIpc) is 2.55. The molecular weight excluding hydrogens is 188 g/mol. The van der Waals surface area contributed by atoms with E-state index in [2.05, 4.69) is 10.1 Å². The minimum Gasteiger partial charge on any atom is -0.325 e. The van der Waals surface area contributed by atoms with Crippen LogP contribution in [0.5, 0.6) is 0 Å². The molecule has 4 nitrogen and oxygen atoms in total. The highest BCUT2D eigenvalue weighted by molar-refractivity contribution is 5.60. The van der Waals surface area contributed by atoms with Gasteiger partial charge in [-0.25, -0.2) is 0 Å². The summed E-state index contributed by atoms with van der Waals surface area (Å²) in [5.74, 6) is 0. The second kappa shape index (κ2) is 3.82. The SMILES string of the molecule is Cc1c(CN)nn(C)c1-c1ccccn1. The Morgan fingerprint density at radius 1 is 1.40 bits per heavy atom. The normalized spacial score (nSPS) is 10.6. The number of hydrogen-bond donors (Lipinski definition) is 1. The van der Waals surface area contributed by atoms with Crippen LogP contribution in [0.1, 0.15) is 11.3 Å². The molecule has 0 spiro atoms. The van der Waals surface area contributed by atoms with Crippen molar-refractivity contribution in [1.82, 2.24) is 14.8 Å². The minimum absolute atomic E-state index is 0.465. The summed E-state index contributed by atoms with van der Waals surface area (Å²) >= 11 is 0. The van der Waals surface area contributed by atoms with Gasteiger partial charge >= 0.3 is 0 Å². The highest BCUT2D eigenvalue weighted by atomic mass is 15.3. The fourth-order valence-electron chi connectivity index (χ4n) is 1.74. The first kappa shape index (κ1) is 9.86. The first-order valence-electron chi connectivity index (χ1n) is 4.88. The van der Waals surface area contributed by atoms with E-state index in [4.69, 9.17) is 5.73 Å². The Hall–Kier alpha value is -1.68. The van der Waals surface area contributed by atoms with E-state index < -0.39 is 0 Å². The van der Waals surface area contributed by atoms with Crippen molar-refractivity contribution in [3.63, 3.8) is 0 Å². The lowest BCUT2D eigenvalue weighted by Crippen LogP contribution is -1.99. The van der Waals surface area contributed by atoms with E-state index in [0.29, 0.717) is 6.54 Å². The van der Waals surface area contributed by atoms with E-state index >= 15 is 0 Å². The van der Waals surface area contributed by atoms with Crippen molar-refractivity contribution >= 4 is 0 Å². The van der Waals surface area contributed by atoms with Crippen molar-refractivity contribution in [2.24, 2.45) is 12.8 Å². The number of aromatic nitrogens is 3. The molecular formula is C11H14N4. The molecule has 2 rings (SSSR count). The lowest BCUT2D eigenvalue weighted by molar-refractivity contribution is 0.747. The van der Waals surface area contributed by atoms with E-state index in [1.54, 1.807) is 6.20 Å². The Labute approximate surface area is 88.8 Å². The number of pyridine rings is 1. The Balaban J connectivity index is 2.58. The van der Waals surface area contributed by atoms with Gasteiger partial charge in [-0.15, -0.1) is 0 Å². The topological polar surface area (TPSA) is 56.7 Å². The van der Waals surface area contributed by atoms with Crippen molar-refractivity contribution in [3.05, 3.63) is 35.7 Å². The number of aryl methyl sites for hydroxylation is 1. The first-order valence-corrected chi connectivity index (χ1v) is 4.88. The third-order valence-electron chi connectivity index (χ3n) is 2.48. The highest BCUT2D eigenvalue weighted by Gasteiger charge is 2.13. The lowest BCUT2D eigenvalue weighted by Gasteiger charge is -2.01. The quantitative estimate of drug-likeness (QED) is 0.797. The van der Waals surface area contributed by atoms with Gasteiger partial charge in [0.2, 0.25) is 0 Å². The largest absolute Gasteiger partial charge is 0.325 e. The first-order chi connectivity index (χ1) is 7.24. The molecule has 0 aliphatic rings. The van der Waals surface area contributed by atoms with E-state index in [1.807, 2.05) is 36.9 Å². The molecule has 0 saturated carbocycles. The number of hydrogen-bond acceptors (Lipinski definition) is 3. The van der Waals surface area contributed by atoms with Crippen LogP contribution in [-0.2, 0) is 13.6 Å². The molecule has 2 aromatic heterocycles. The summed E-state index contributed by atoms with van der Waals surface area (Å²) < 4.78 is 1.83. The van der Waals surface area contributed by atoms with Gasteiger partial charge in [-0.1, -0.05) is 6.07 Å². The van der Waals surface area contributed by atoms with Crippen LogP contribution in [0.3, 0.4) is 0 Å². The minimum atomic E-state index is 0.465. The van der Waals surface area contributed by atoms with Gasteiger partial charge in [0.1, 0.15) is 0 Å². The van der Waals surface area contributed by atoms with Crippen LogP contribution in [0.25, 0.3) is 11.4 Å². The van der Waals surface area contributed by atoms with Crippen molar-refractivity contribution < 1.29 is 0 Å². The summed E-state index contributed by atoms with van der Waals surface area (Å²) in [5, 5.41) is 4.36. The maximum Gasteiger partial charge on any atom is 0.0895 e. The summed E-state index contributed by atoms with van der Waals surface area (Å²) in [4.78, 5) is 4.32. The molecule has 78 valence electrons. The van der Waals surface area contributed by atoms with Gasteiger partial charge < -0.3 is 5.73 Å². The Kier molecular flexibility index (Phi) is 2.51. The van der Waals surface area contributed by atoms with Gasteiger partial charge in [0, 0.05) is 25.4 Å². The number of nitrogens with two attached hydrogens (primary N) is 1. The molecule has 2 heterocycles. The highest BCUT2D eigenvalue weighted by Crippen LogP contribution is 2.22. The zero-order chi connectivity index (χ0) is 10.8. The Morgan fingerprint density at radius 3 is 2.73 bits per heavy atom. The maximum atomic E-state index is 5.61. The van der Waals surface area contributed by atoms with Crippen LogP contribution < -0.4 is 5.73 Å². The predicted molar refractivity (Wildman–Crippen MR) is 59.1 cm³/mol.